The van der Waals surface area contributed by atoms with Gasteiger partial charge in [0.15, 0.2) is 0 Å². The number of carbonyl (C=O) groups is 1. The molecule has 0 aliphatic carbocycles. The van der Waals surface area contributed by atoms with Gasteiger partial charge in [0, 0.05) is 11.9 Å². The van der Waals surface area contributed by atoms with Crippen LogP contribution in [0.25, 0.3) is 0 Å². The number of esters is 1. The second kappa shape index (κ2) is 5.36. The van der Waals surface area contributed by atoms with Gasteiger partial charge in [0.25, 0.3) is 0 Å². The van der Waals surface area contributed by atoms with E-state index in [2.05, 4.69) is 10.3 Å². The number of benzene rings is 1. The number of pyridine rings is 1. The maximum atomic E-state index is 11.6. The van der Waals surface area contributed by atoms with E-state index in [1.54, 1.807) is 0 Å². The molecule has 4 nitrogen and oxygen atoms in total. The number of anilines is 2. The second-order valence-electron chi connectivity index (χ2n) is 3.65. The van der Waals surface area contributed by atoms with Crippen LogP contribution in [-0.2, 0) is 4.74 Å². The van der Waals surface area contributed by atoms with Crippen LogP contribution in [0.15, 0.2) is 42.6 Å². The van der Waals surface area contributed by atoms with Crippen LogP contribution in [0.3, 0.4) is 0 Å². The van der Waals surface area contributed by atoms with Gasteiger partial charge in [-0.3, -0.25) is 0 Å². The molecule has 1 aromatic carbocycles. The highest BCUT2D eigenvalue weighted by Crippen LogP contribution is 2.17. The summed E-state index contributed by atoms with van der Waals surface area (Å²) in [6.07, 6.45) is 1.48. The Labute approximate surface area is 106 Å². The third-order valence-electron chi connectivity index (χ3n) is 2.35. The average molecular weight is 238 g/mol. The number of nitrogens with one attached hydrogen (secondary N) is 1. The van der Waals surface area contributed by atoms with Crippen LogP contribution in [-0.4, -0.2) is 25.9 Å². The molecule has 1 aromatic heterocycles. The van der Waals surface area contributed by atoms with Crippen LogP contribution < -0.4 is 10.8 Å². The van der Waals surface area contributed by atoms with E-state index in [0.29, 0.717) is 16.8 Å². The van der Waals surface area contributed by atoms with E-state index in [-0.39, 0.29) is 0 Å². The summed E-state index contributed by atoms with van der Waals surface area (Å²) in [6.45, 7) is 0. The van der Waals surface area contributed by atoms with E-state index in [4.69, 9.17) is 12.6 Å². The summed E-state index contributed by atoms with van der Waals surface area (Å²) in [5.74, 6) is -0.0597. The zero-order valence-corrected chi connectivity index (χ0v) is 9.88. The van der Waals surface area contributed by atoms with Crippen LogP contribution in [0, 0.1) is 0 Å². The molecule has 2 aromatic rings. The molecule has 2 rings (SSSR count). The van der Waals surface area contributed by atoms with Crippen molar-refractivity contribution < 1.29 is 9.53 Å². The van der Waals surface area contributed by atoms with E-state index in [0.717, 1.165) is 5.69 Å². The summed E-state index contributed by atoms with van der Waals surface area (Å²) >= 11 is 0. The molecule has 0 bridgehead atoms. The third-order valence-corrected chi connectivity index (χ3v) is 2.35. The highest BCUT2D eigenvalue weighted by molar-refractivity contribution is 6.32. The summed E-state index contributed by atoms with van der Waals surface area (Å²) in [6, 6.07) is 11.0. The number of rotatable bonds is 3. The van der Waals surface area contributed by atoms with E-state index >= 15 is 0 Å². The number of para-hydroxylation sites is 1. The molecule has 88 valence electrons. The van der Waals surface area contributed by atoms with Crippen LogP contribution in [0.1, 0.15) is 10.4 Å². The zero-order chi connectivity index (χ0) is 13.0. The number of methoxy groups -OCH3 is 1. The minimum absolute atomic E-state index is 0.307. The fraction of sp³-hybridized carbons (Fsp3) is 0.0769. The predicted octanol–water partition coefficient (Wildman–Crippen LogP) is 1.41. The van der Waals surface area contributed by atoms with Gasteiger partial charge in [0.2, 0.25) is 0 Å². The van der Waals surface area contributed by atoms with Crippen LogP contribution in [0.4, 0.5) is 11.5 Å². The number of aromatic nitrogens is 1. The summed E-state index contributed by atoms with van der Waals surface area (Å²) in [5, 5.41) is 3.05. The van der Waals surface area contributed by atoms with Crippen molar-refractivity contribution in [3.8, 4) is 0 Å². The maximum absolute atomic E-state index is 11.6. The van der Waals surface area contributed by atoms with E-state index in [9.17, 15) is 4.79 Å². The number of carbonyl (C=O) groups excluding carboxylic acids is 1. The molecule has 0 fully saturated rings. The van der Waals surface area contributed by atoms with E-state index in [1.165, 1.54) is 19.4 Å². The minimum Gasteiger partial charge on any atom is -0.465 e. The number of hydrogen-bond acceptors (Lipinski definition) is 4. The van der Waals surface area contributed by atoms with Gasteiger partial charge < -0.3 is 10.1 Å². The zero-order valence-electron chi connectivity index (χ0n) is 9.88. The number of nitrogens with zero attached hydrogens (tertiary/aromatic N) is 1. The molecule has 18 heavy (non-hydrogen) atoms. The Hall–Kier alpha value is -2.30. The summed E-state index contributed by atoms with van der Waals surface area (Å²) in [5.41, 5.74) is 1.55. The fourth-order valence-corrected chi connectivity index (χ4v) is 1.50. The Morgan fingerprint density at radius 2 is 2.06 bits per heavy atom. The smallest absolute Gasteiger partial charge is 0.341 e. The van der Waals surface area contributed by atoms with Gasteiger partial charge in [-0.15, -0.1) is 0 Å². The minimum atomic E-state index is -0.478. The van der Waals surface area contributed by atoms with Gasteiger partial charge in [0.05, 0.1) is 7.11 Å². The van der Waals surface area contributed by atoms with Crippen LogP contribution >= 0.6 is 0 Å². The van der Waals surface area contributed by atoms with Crippen molar-refractivity contribution in [3.63, 3.8) is 0 Å². The Morgan fingerprint density at radius 1 is 1.33 bits per heavy atom. The van der Waals surface area contributed by atoms with Crippen molar-refractivity contribution in [2.24, 2.45) is 0 Å². The third kappa shape index (κ3) is 2.68. The lowest BCUT2D eigenvalue weighted by atomic mass is 9.97. The quantitative estimate of drug-likeness (QED) is 0.648. The van der Waals surface area contributed by atoms with Crippen molar-refractivity contribution in [3.05, 3.63) is 48.2 Å². The molecule has 0 atom stereocenters. The molecule has 1 N–H and O–H groups in total. The molecular formula is C13H11BN2O2. The number of hydrogen-bond donors (Lipinski definition) is 1. The SMILES string of the molecule is [B]c1cnc(Nc2ccccc2)c(C(=O)OC)c1. The number of ether oxygens (including phenoxy) is 1. The molecule has 0 saturated carbocycles. The summed E-state index contributed by atoms with van der Waals surface area (Å²) in [4.78, 5) is 15.7. The molecule has 0 amide bonds. The standard InChI is InChI=1S/C13H11BN2O2/c1-18-13(17)11-7-9(14)8-15-12(11)16-10-5-3-2-4-6-10/h2-8H,1H3,(H,15,16). The van der Waals surface area contributed by atoms with Crippen LogP contribution in [0.2, 0.25) is 0 Å². The monoisotopic (exact) mass is 238 g/mol. The lowest BCUT2D eigenvalue weighted by molar-refractivity contribution is 0.0601. The van der Waals surface area contributed by atoms with Crippen molar-refractivity contribution in [2.75, 3.05) is 12.4 Å². The lowest BCUT2D eigenvalue weighted by Crippen LogP contribution is -2.13. The molecule has 0 aliphatic heterocycles. The van der Waals surface area contributed by atoms with Crippen LogP contribution in [0.5, 0.6) is 0 Å². The van der Waals surface area contributed by atoms with Crippen molar-refractivity contribution >= 4 is 30.8 Å². The molecule has 5 heteroatoms. The van der Waals surface area contributed by atoms with Gasteiger partial charge >= 0.3 is 5.97 Å². The van der Waals surface area contributed by atoms with Gasteiger partial charge in [-0.05, 0) is 18.2 Å². The average Bonchev–Trinajstić information content (AvgIpc) is 2.41. The Kier molecular flexibility index (Phi) is 3.62. The summed E-state index contributed by atoms with van der Waals surface area (Å²) < 4.78 is 4.70. The largest absolute Gasteiger partial charge is 0.465 e. The predicted molar refractivity (Wildman–Crippen MR) is 70.7 cm³/mol. The van der Waals surface area contributed by atoms with Gasteiger partial charge in [0.1, 0.15) is 19.2 Å². The molecule has 0 unspecified atom stereocenters. The second-order valence-corrected chi connectivity index (χ2v) is 3.65. The Balaban J connectivity index is 2.35. The first-order valence-corrected chi connectivity index (χ1v) is 5.36. The molecule has 2 radical (unpaired) electrons. The fourth-order valence-electron chi connectivity index (χ4n) is 1.50. The first-order valence-electron chi connectivity index (χ1n) is 5.36. The summed E-state index contributed by atoms with van der Waals surface area (Å²) in [7, 11) is 6.93. The van der Waals surface area contributed by atoms with Gasteiger partial charge in [-0.25, -0.2) is 9.78 Å². The molecule has 1 heterocycles. The first kappa shape index (κ1) is 12.2. The van der Waals surface area contributed by atoms with E-state index < -0.39 is 5.97 Å². The lowest BCUT2D eigenvalue weighted by Gasteiger charge is -2.10. The molecule has 0 spiro atoms. The maximum Gasteiger partial charge on any atom is 0.341 e. The Bertz CT molecular complexity index is 558. The first-order chi connectivity index (χ1) is 8.70. The molecular weight excluding hydrogens is 227 g/mol. The van der Waals surface area contributed by atoms with Crippen molar-refractivity contribution in [2.45, 2.75) is 0 Å². The molecule has 0 aliphatic rings. The van der Waals surface area contributed by atoms with Gasteiger partial charge in [-0.1, -0.05) is 23.7 Å². The van der Waals surface area contributed by atoms with Gasteiger partial charge in [-0.2, -0.15) is 0 Å². The van der Waals surface area contributed by atoms with Crippen molar-refractivity contribution in [1.29, 1.82) is 0 Å². The topological polar surface area (TPSA) is 51.2 Å². The molecule has 0 saturated heterocycles. The highest BCUT2D eigenvalue weighted by atomic mass is 16.5. The highest BCUT2D eigenvalue weighted by Gasteiger charge is 2.13. The normalized spacial score (nSPS) is 9.83. The Morgan fingerprint density at radius 3 is 2.72 bits per heavy atom. The van der Waals surface area contributed by atoms with Crippen molar-refractivity contribution in [1.82, 2.24) is 4.98 Å². The van der Waals surface area contributed by atoms with E-state index in [1.807, 2.05) is 30.3 Å².